The molecule has 0 bridgehead atoms. The van der Waals surface area contributed by atoms with Gasteiger partial charge >= 0.3 is 0 Å². The molecule has 0 heterocycles. The summed E-state index contributed by atoms with van der Waals surface area (Å²) in [6.07, 6.45) is 4.46. The molecule has 110 valence electrons. The molecule has 1 fully saturated rings. The number of rotatable bonds is 5. The van der Waals surface area contributed by atoms with Gasteiger partial charge in [0.15, 0.2) is 0 Å². The molecule has 0 aromatic heterocycles. The van der Waals surface area contributed by atoms with E-state index in [1.54, 1.807) is 0 Å². The molecule has 0 radical (unpaired) electrons. The first-order chi connectivity index (χ1) is 9.63. The van der Waals surface area contributed by atoms with Crippen molar-refractivity contribution in [3.8, 4) is 0 Å². The second-order valence-corrected chi connectivity index (χ2v) is 7.20. The summed E-state index contributed by atoms with van der Waals surface area (Å²) in [5, 5.41) is 3.02. The largest absolute Gasteiger partial charge is 0.353 e. The minimum atomic E-state index is -1.12. The predicted octanol–water partition coefficient (Wildman–Crippen LogP) is 2.63. The molecule has 1 aliphatic carbocycles. The van der Waals surface area contributed by atoms with Crippen molar-refractivity contribution in [1.29, 1.82) is 0 Å². The van der Waals surface area contributed by atoms with Gasteiger partial charge < -0.3 is 5.32 Å². The number of nitrogens with one attached hydrogen (secondary N) is 1. The van der Waals surface area contributed by atoms with Crippen LogP contribution in [0.4, 0.5) is 0 Å². The van der Waals surface area contributed by atoms with E-state index in [9.17, 15) is 9.00 Å². The summed E-state index contributed by atoms with van der Waals surface area (Å²) >= 11 is 0. The molecule has 1 saturated carbocycles. The smallest absolute Gasteiger partial charge is 0.232 e. The Kier molecular flexibility index (Phi) is 5.77. The van der Waals surface area contributed by atoms with Crippen LogP contribution < -0.4 is 5.32 Å². The standard InChI is InChI=1S/C16H23NO2S/c1-13-7-9-15(10-8-13)17-16(18)12-20(19)11-14-5-3-2-4-6-14/h2-6,13,15H,7-12H2,1H3,(H,17,18). The molecular weight excluding hydrogens is 270 g/mol. The van der Waals surface area contributed by atoms with Crippen molar-refractivity contribution in [2.45, 2.75) is 44.4 Å². The number of carbonyl (C=O) groups is 1. The van der Waals surface area contributed by atoms with Gasteiger partial charge in [0.25, 0.3) is 0 Å². The van der Waals surface area contributed by atoms with Gasteiger partial charge in [-0.2, -0.15) is 0 Å². The second-order valence-electron chi connectivity index (χ2n) is 5.74. The number of benzene rings is 1. The van der Waals surface area contributed by atoms with Gasteiger partial charge in [0.2, 0.25) is 5.91 Å². The van der Waals surface area contributed by atoms with Gasteiger partial charge in [-0.25, -0.2) is 0 Å². The molecule has 1 aliphatic rings. The van der Waals surface area contributed by atoms with Crippen molar-refractivity contribution in [2.24, 2.45) is 5.92 Å². The van der Waals surface area contributed by atoms with E-state index in [4.69, 9.17) is 0 Å². The normalized spacial score (nSPS) is 24.1. The third-order valence-corrected chi connectivity index (χ3v) is 5.08. The highest BCUT2D eigenvalue weighted by atomic mass is 32.2. The first-order valence-corrected chi connectivity index (χ1v) is 8.80. The van der Waals surface area contributed by atoms with Crippen molar-refractivity contribution in [1.82, 2.24) is 5.32 Å². The minimum absolute atomic E-state index is 0.0705. The number of carbonyl (C=O) groups excluding carboxylic acids is 1. The fraction of sp³-hybridized carbons (Fsp3) is 0.562. The Morgan fingerprint density at radius 1 is 1.20 bits per heavy atom. The van der Waals surface area contributed by atoms with Crippen molar-refractivity contribution < 1.29 is 9.00 Å². The quantitative estimate of drug-likeness (QED) is 0.907. The van der Waals surface area contributed by atoms with Gasteiger partial charge in [-0.15, -0.1) is 0 Å². The van der Waals surface area contributed by atoms with Crippen molar-refractivity contribution in [3.05, 3.63) is 35.9 Å². The monoisotopic (exact) mass is 293 g/mol. The minimum Gasteiger partial charge on any atom is -0.353 e. The van der Waals surface area contributed by atoms with Crippen LogP contribution in [0.25, 0.3) is 0 Å². The first-order valence-electron chi connectivity index (χ1n) is 7.31. The van der Waals surface area contributed by atoms with Gasteiger partial charge in [-0.3, -0.25) is 9.00 Å². The van der Waals surface area contributed by atoms with Crippen LogP contribution in [0.3, 0.4) is 0 Å². The third kappa shape index (κ3) is 5.08. The summed E-state index contributed by atoms with van der Waals surface area (Å²) in [6.45, 7) is 2.26. The first kappa shape index (κ1) is 15.2. The lowest BCUT2D eigenvalue weighted by atomic mass is 9.87. The zero-order valence-electron chi connectivity index (χ0n) is 12.0. The lowest BCUT2D eigenvalue weighted by Gasteiger charge is -2.26. The van der Waals surface area contributed by atoms with Gasteiger partial charge in [-0.05, 0) is 37.2 Å². The molecule has 1 amide bonds. The Bertz CT molecular complexity index is 453. The number of amides is 1. The van der Waals surface area contributed by atoms with E-state index >= 15 is 0 Å². The van der Waals surface area contributed by atoms with E-state index in [2.05, 4.69) is 12.2 Å². The van der Waals surface area contributed by atoms with E-state index in [0.29, 0.717) is 5.75 Å². The van der Waals surface area contributed by atoms with Crippen LogP contribution in [-0.4, -0.2) is 21.9 Å². The summed E-state index contributed by atoms with van der Waals surface area (Å²) < 4.78 is 12.0. The maximum Gasteiger partial charge on any atom is 0.232 e. The Balaban J connectivity index is 1.72. The Hall–Kier alpha value is -1.16. The molecular formula is C16H23NO2S. The molecule has 1 aromatic rings. The molecule has 1 unspecified atom stereocenters. The fourth-order valence-corrected chi connectivity index (χ4v) is 3.67. The van der Waals surface area contributed by atoms with Crippen LogP contribution >= 0.6 is 0 Å². The summed E-state index contributed by atoms with van der Waals surface area (Å²) in [5.74, 6) is 1.27. The highest BCUT2D eigenvalue weighted by Crippen LogP contribution is 2.23. The number of hydrogen-bond acceptors (Lipinski definition) is 2. The zero-order chi connectivity index (χ0) is 14.4. The van der Waals surface area contributed by atoms with E-state index in [1.807, 2.05) is 30.3 Å². The average molecular weight is 293 g/mol. The Labute approximate surface area is 123 Å². The van der Waals surface area contributed by atoms with Crippen molar-refractivity contribution >= 4 is 16.7 Å². The predicted molar refractivity (Wildman–Crippen MR) is 82.7 cm³/mol. The highest BCUT2D eigenvalue weighted by Gasteiger charge is 2.20. The molecule has 3 nitrogen and oxygen atoms in total. The summed E-state index contributed by atoms with van der Waals surface area (Å²) in [4.78, 5) is 11.9. The van der Waals surface area contributed by atoms with Crippen LogP contribution in [-0.2, 0) is 21.3 Å². The SMILES string of the molecule is CC1CCC(NC(=O)CS(=O)Cc2ccccc2)CC1. The highest BCUT2D eigenvalue weighted by molar-refractivity contribution is 7.84. The molecule has 1 aromatic carbocycles. The topological polar surface area (TPSA) is 46.2 Å². The molecule has 1 N–H and O–H groups in total. The molecule has 0 saturated heterocycles. The van der Waals surface area contributed by atoms with Crippen molar-refractivity contribution in [2.75, 3.05) is 5.75 Å². The summed E-state index contributed by atoms with van der Waals surface area (Å²) in [6, 6.07) is 9.96. The van der Waals surface area contributed by atoms with E-state index in [0.717, 1.165) is 24.3 Å². The fourth-order valence-electron chi connectivity index (χ4n) is 2.63. The van der Waals surface area contributed by atoms with Gasteiger partial charge in [0.05, 0.1) is 0 Å². The summed E-state index contributed by atoms with van der Waals surface area (Å²) in [5.41, 5.74) is 1.02. The van der Waals surface area contributed by atoms with E-state index in [-0.39, 0.29) is 17.7 Å². The molecule has 2 rings (SSSR count). The lowest BCUT2D eigenvalue weighted by Crippen LogP contribution is -2.39. The molecule has 20 heavy (non-hydrogen) atoms. The van der Waals surface area contributed by atoms with Gasteiger partial charge in [0.1, 0.15) is 5.75 Å². The van der Waals surface area contributed by atoms with E-state index in [1.165, 1.54) is 12.8 Å². The third-order valence-electron chi connectivity index (χ3n) is 3.84. The van der Waals surface area contributed by atoms with Gasteiger partial charge in [-0.1, -0.05) is 37.3 Å². The lowest BCUT2D eigenvalue weighted by molar-refractivity contribution is -0.119. The zero-order valence-corrected chi connectivity index (χ0v) is 12.8. The molecule has 0 spiro atoms. The van der Waals surface area contributed by atoms with Gasteiger partial charge in [0, 0.05) is 22.6 Å². The van der Waals surface area contributed by atoms with Crippen LogP contribution in [0, 0.1) is 5.92 Å². The van der Waals surface area contributed by atoms with Crippen LogP contribution in [0.2, 0.25) is 0 Å². The second kappa shape index (κ2) is 7.58. The van der Waals surface area contributed by atoms with Crippen molar-refractivity contribution in [3.63, 3.8) is 0 Å². The van der Waals surface area contributed by atoms with Crippen LogP contribution in [0.5, 0.6) is 0 Å². The summed E-state index contributed by atoms with van der Waals surface area (Å²) in [7, 11) is -1.12. The number of hydrogen-bond donors (Lipinski definition) is 1. The molecule has 1 atom stereocenters. The van der Waals surface area contributed by atoms with E-state index < -0.39 is 10.8 Å². The maximum atomic E-state index is 12.0. The Morgan fingerprint density at radius 3 is 2.50 bits per heavy atom. The molecule has 4 heteroatoms. The Morgan fingerprint density at radius 2 is 1.85 bits per heavy atom. The molecule has 0 aliphatic heterocycles. The maximum absolute atomic E-state index is 12.0. The van der Waals surface area contributed by atoms with Crippen LogP contribution in [0.1, 0.15) is 38.2 Å². The van der Waals surface area contributed by atoms with Crippen LogP contribution in [0.15, 0.2) is 30.3 Å². The average Bonchev–Trinajstić information content (AvgIpc) is 2.42.